The smallest absolute Gasteiger partial charge is 0.487 e. The number of nitrogens with zero attached hydrogens (tertiary/aromatic N) is 3. The number of allylic oxidation sites excluding steroid dienone is 1. The number of halogens is 1. The van der Waals surface area contributed by atoms with Gasteiger partial charge in [0.05, 0.1) is 39.8 Å². The molecule has 3 aromatic rings. The van der Waals surface area contributed by atoms with E-state index in [0.29, 0.717) is 18.8 Å². The van der Waals surface area contributed by atoms with E-state index in [9.17, 15) is 0 Å². The van der Waals surface area contributed by atoms with Gasteiger partial charge < -0.3 is 23.4 Å². The van der Waals surface area contributed by atoms with Crippen LogP contribution in [0.4, 0.5) is 0 Å². The average molecular weight is 699 g/mol. The summed E-state index contributed by atoms with van der Waals surface area (Å²) in [6, 6.07) is 8.37. The predicted molar refractivity (Wildman–Crippen MR) is 181 cm³/mol. The maximum atomic E-state index is 6.74. The van der Waals surface area contributed by atoms with Crippen molar-refractivity contribution in [2.75, 3.05) is 0 Å². The molecule has 0 saturated carbocycles. The van der Waals surface area contributed by atoms with Gasteiger partial charge in [0.25, 0.3) is 0 Å². The number of pyridine rings is 1. The molecule has 2 aliphatic heterocycles. The Kier molecular flexibility index (Phi) is 8.66. The Morgan fingerprint density at radius 2 is 1.51 bits per heavy atom. The number of aromatic nitrogens is 3. The van der Waals surface area contributed by atoms with Crippen molar-refractivity contribution in [1.82, 2.24) is 14.8 Å². The van der Waals surface area contributed by atoms with E-state index >= 15 is 0 Å². The van der Waals surface area contributed by atoms with Gasteiger partial charge in [-0.2, -0.15) is 5.10 Å². The highest BCUT2D eigenvalue weighted by molar-refractivity contribution is 14.1. The van der Waals surface area contributed by atoms with Crippen LogP contribution in [0, 0.1) is 3.57 Å². The third kappa shape index (κ3) is 5.92. The van der Waals surface area contributed by atoms with Gasteiger partial charge in [0.1, 0.15) is 12.4 Å². The van der Waals surface area contributed by atoms with E-state index in [1.165, 1.54) is 0 Å². The fraction of sp³-hybridized carbons (Fsp3) is 0.562. The summed E-state index contributed by atoms with van der Waals surface area (Å²) in [5, 5.41) is 5.71. The van der Waals surface area contributed by atoms with Crippen LogP contribution in [0.1, 0.15) is 99.9 Å². The number of hydrogen-bond acceptors (Lipinski definition) is 7. The molecule has 0 bridgehead atoms. The average Bonchev–Trinajstić information content (AvgIpc) is 3.48. The Bertz CT molecular complexity index is 1520. The van der Waals surface area contributed by atoms with Crippen LogP contribution in [0.2, 0.25) is 0 Å². The molecule has 4 heterocycles. The Balaban J connectivity index is 1.74. The van der Waals surface area contributed by atoms with Crippen molar-refractivity contribution < 1.29 is 23.4 Å². The third-order valence-corrected chi connectivity index (χ3v) is 10.4. The summed E-state index contributed by atoms with van der Waals surface area (Å²) in [7, 11) is -1.25. The molecule has 0 aliphatic carbocycles. The Hall–Kier alpha value is -1.92. The molecule has 2 aliphatic rings. The van der Waals surface area contributed by atoms with E-state index in [1.54, 1.807) is 6.20 Å². The molecule has 1 aromatic carbocycles. The second-order valence-electron chi connectivity index (χ2n) is 13.8. The summed E-state index contributed by atoms with van der Waals surface area (Å²) < 4.78 is 36.5. The van der Waals surface area contributed by atoms with Crippen molar-refractivity contribution in [2.45, 2.75) is 118 Å². The van der Waals surface area contributed by atoms with Gasteiger partial charge >= 0.3 is 14.2 Å². The van der Waals surface area contributed by atoms with Gasteiger partial charge in [-0.3, -0.25) is 9.67 Å². The van der Waals surface area contributed by atoms with Gasteiger partial charge in [-0.15, -0.1) is 0 Å². The molecule has 11 heteroatoms. The minimum Gasteiger partial charge on any atom is -0.487 e. The quantitative estimate of drug-likeness (QED) is 0.177. The fourth-order valence-corrected chi connectivity index (χ4v) is 5.87. The highest BCUT2D eigenvalue weighted by Gasteiger charge is 2.57. The maximum Gasteiger partial charge on any atom is 0.494 e. The van der Waals surface area contributed by atoms with Crippen LogP contribution in [-0.4, -0.2) is 51.4 Å². The summed E-state index contributed by atoms with van der Waals surface area (Å²) in [5.41, 5.74) is 2.46. The van der Waals surface area contributed by atoms with Crippen molar-refractivity contribution in [3.63, 3.8) is 0 Å². The minimum atomic E-state index is -0.672. The van der Waals surface area contributed by atoms with Crippen molar-refractivity contribution in [3.8, 4) is 5.75 Å². The lowest BCUT2D eigenvalue weighted by atomic mass is 9.61. The van der Waals surface area contributed by atoms with Gasteiger partial charge in [-0.1, -0.05) is 6.92 Å². The van der Waals surface area contributed by atoms with Crippen LogP contribution in [0.5, 0.6) is 5.75 Å². The Morgan fingerprint density at radius 1 is 0.930 bits per heavy atom. The molecular weight excluding hydrogens is 655 g/mol. The van der Waals surface area contributed by atoms with E-state index in [0.717, 1.165) is 36.7 Å². The van der Waals surface area contributed by atoms with Gasteiger partial charge in [-0.05, 0) is 127 Å². The normalized spacial score (nSPS) is 21.1. The lowest BCUT2D eigenvalue weighted by Crippen LogP contribution is -2.41. The Labute approximate surface area is 270 Å². The zero-order valence-corrected chi connectivity index (χ0v) is 29.5. The third-order valence-electron chi connectivity index (χ3n) is 9.43. The first-order valence-electron chi connectivity index (χ1n) is 15.2. The molecule has 0 N–H and O–H groups in total. The van der Waals surface area contributed by atoms with Gasteiger partial charge in [-0.25, -0.2) is 0 Å². The molecule has 2 aromatic heterocycles. The lowest BCUT2D eigenvalue weighted by Gasteiger charge is -2.32. The molecule has 0 radical (unpaired) electrons. The first-order chi connectivity index (χ1) is 20.0. The predicted octanol–water partition coefficient (Wildman–Crippen LogP) is 7.62. The number of fused-ring (bicyclic) bond motifs is 1. The molecule has 8 nitrogen and oxygen atoms in total. The molecule has 0 unspecified atom stereocenters. The summed E-state index contributed by atoms with van der Waals surface area (Å²) in [4.78, 5) is 4.58. The Morgan fingerprint density at radius 3 is 2.05 bits per heavy atom. The summed E-state index contributed by atoms with van der Waals surface area (Å²) in [6.07, 6.45) is 4.37. The van der Waals surface area contributed by atoms with E-state index in [-0.39, 0.29) is 6.04 Å². The standard InChI is InChI=1S/C32H44B2IN3O5/c1-12-23(33-40-29(4,5)30(6,7)41-33)28(34-42-31(8,9)32(10,11)43-34)22-16-21-18-37-38(20(2)3)26(21)17-27(22)39-19-25-24(35)14-13-15-36-25/h13-18,20H,12,19H2,1-11H3/b28-23-. The van der Waals surface area contributed by atoms with Crippen LogP contribution in [0.3, 0.4) is 0 Å². The van der Waals surface area contributed by atoms with Gasteiger partial charge in [0.15, 0.2) is 0 Å². The van der Waals surface area contributed by atoms with Crippen LogP contribution in [0.25, 0.3) is 16.4 Å². The molecule has 0 spiro atoms. The second-order valence-corrected chi connectivity index (χ2v) is 14.9. The first-order valence-corrected chi connectivity index (χ1v) is 16.2. The first kappa shape index (κ1) is 32.5. The van der Waals surface area contributed by atoms with Crippen molar-refractivity contribution in [3.05, 3.63) is 57.0 Å². The zero-order chi connectivity index (χ0) is 31.5. The molecule has 230 valence electrons. The van der Waals surface area contributed by atoms with Crippen molar-refractivity contribution in [1.29, 1.82) is 0 Å². The highest BCUT2D eigenvalue weighted by atomic mass is 127. The maximum absolute atomic E-state index is 6.74. The zero-order valence-electron chi connectivity index (χ0n) is 27.4. The van der Waals surface area contributed by atoms with E-state index in [4.69, 9.17) is 28.5 Å². The van der Waals surface area contributed by atoms with E-state index in [1.807, 2.05) is 23.0 Å². The molecule has 0 amide bonds. The van der Waals surface area contributed by atoms with E-state index in [2.05, 4.69) is 116 Å². The number of rotatable bonds is 8. The summed E-state index contributed by atoms with van der Waals surface area (Å²) in [6.45, 7) is 23.3. The second kappa shape index (κ2) is 11.5. The monoisotopic (exact) mass is 699 g/mol. The van der Waals surface area contributed by atoms with Crippen molar-refractivity contribution in [2.24, 2.45) is 0 Å². The summed E-state index contributed by atoms with van der Waals surface area (Å²) >= 11 is 2.30. The van der Waals surface area contributed by atoms with E-state index < -0.39 is 36.6 Å². The number of hydrogen-bond donors (Lipinski definition) is 0. The minimum absolute atomic E-state index is 0.182. The topological polar surface area (TPSA) is 76.9 Å². The molecule has 2 saturated heterocycles. The van der Waals surface area contributed by atoms with Gasteiger partial charge in [0, 0.05) is 32.8 Å². The molecule has 0 atom stereocenters. The van der Waals surface area contributed by atoms with Crippen molar-refractivity contribution >= 4 is 53.2 Å². The lowest BCUT2D eigenvalue weighted by molar-refractivity contribution is 0.00578. The fourth-order valence-electron chi connectivity index (χ4n) is 5.37. The summed E-state index contributed by atoms with van der Waals surface area (Å²) in [5.74, 6) is 0.698. The molecule has 5 rings (SSSR count). The van der Waals surface area contributed by atoms with Crippen LogP contribution in [-0.2, 0) is 25.2 Å². The van der Waals surface area contributed by atoms with Gasteiger partial charge in [0.2, 0.25) is 0 Å². The SMILES string of the molecule is CC/C(B1OC(C)(C)C(C)(C)O1)=C(/B1OC(C)(C)C(C)(C)O1)c1cc2cnn(C(C)C)c2cc1OCc1ncccc1I. The van der Waals surface area contributed by atoms with Crippen LogP contribution >= 0.6 is 22.6 Å². The molecular formula is C32H44B2IN3O5. The number of benzene rings is 1. The molecule has 2 fully saturated rings. The largest absolute Gasteiger partial charge is 0.494 e. The molecule has 43 heavy (non-hydrogen) atoms. The van der Waals surface area contributed by atoms with Crippen LogP contribution in [0.15, 0.2) is 42.1 Å². The number of ether oxygens (including phenoxy) is 1. The van der Waals surface area contributed by atoms with Crippen LogP contribution < -0.4 is 4.74 Å². The highest BCUT2D eigenvalue weighted by Crippen LogP contribution is 2.47.